The Morgan fingerprint density at radius 1 is 1.32 bits per heavy atom. The van der Waals surface area contributed by atoms with E-state index in [2.05, 4.69) is 55.3 Å². The van der Waals surface area contributed by atoms with Crippen LogP contribution in [0.1, 0.15) is 38.8 Å². The zero-order valence-corrected chi connectivity index (χ0v) is 12.9. The van der Waals surface area contributed by atoms with Crippen molar-refractivity contribution in [2.45, 2.75) is 51.6 Å². The molecule has 108 valence electrons. The van der Waals surface area contributed by atoms with Crippen molar-refractivity contribution in [1.29, 1.82) is 0 Å². The lowest BCUT2D eigenvalue weighted by Crippen LogP contribution is -2.47. The fourth-order valence-corrected chi connectivity index (χ4v) is 2.75. The van der Waals surface area contributed by atoms with Crippen LogP contribution in [-0.2, 0) is 6.42 Å². The summed E-state index contributed by atoms with van der Waals surface area (Å²) >= 11 is 0. The number of rotatable bonds is 9. The zero-order valence-electron chi connectivity index (χ0n) is 12.9. The number of aromatic nitrogens is 1. The van der Waals surface area contributed by atoms with Gasteiger partial charge in [-0.15, -0.1) is 0 Å². The van der Waals surface area contributed by atoms with Crippen molar-refractivity contribution >= 4 is 0 Å². The van der Waals surface area contributed by atoms with Gasteiger partial charge < -0.3 is 10.2 Å². The van der Waals surface area contributed by atoms with Crippen molar-refractivity contribution in [3.8, 4) is 0 Å². The van der Waals surface area contributed by atoms with Crippen LogP contribution >= 0.6 is 0 Å². The molecule has 1 rings (SSSR count). The second kappa shape index (κ2) is 9.05. The van der Waals surface area contributed by atoms with Crippen LogP contribution in [0.2, 0.25) is 0 Å². The van der Waals surface area contributed by atoms with Crippen molar-refractivity contribution in [3.05, 3.63) is 30.1 Å². The third kappa shape index (κ3) is 5.29. The Hall–Kier alpha value is -0.930. The van der Waals surface area contributed by atoms with E-state index in [4.69, 9.17) is 0 Å². The minimum absolute atomic E-state index is 0.587. The topological polar surface area (TPSA) is 28.2 Å². The molecule has 0 saturated heterocycles. The van der Waals surface area contributed by atoms with Crippen LogP contribution in [-0.4, -0.2) is 42.6 Å². The maximum Gasteiger partial charge on any atom is 0.0416 e. The molecule has 1 heterocycles. The minimum atomic E-state index is 0.587. The van der Waals surface area contributed by atoms with Gasteiger partial charge in [-0.1, -0.05) is 26.3 Å². The second-order valence-electron chi connectivity index (χ2n) is 5.21. The van der Waals surface area contributed by atoms with Crippen molar-refractivity contribution in [2.75, 3.05) is 20.6 Å². The van der Waals surface area contributed by atoms with Gasteiger partial charge in [0.05, 0.1) is 0 Å². The van der Waals surface area contributed by atoms with Crippen molar-refractivity contribution in [2.24, 2.45) is 0 Å². The van der Waals surface area contributed by atoms with Gasteiger partial charge in [0.2, 0.25) is 0 Å². The van der Waals surface area contributed by atoms with Gasteiger partial charge in [0.1, 0.15) is 0 Å². The highest BCUT2D eigenvalue weighted by Crippen LogP contribution is 2.12. The maximum absolute atomic E-state index is 4.39. The summed E-state index contributed by atoms with van der Waals surface area (Å²) in [5, 5.41) is 3.48. The highest BCUT2D eigenvalue weighted by atomic mass is 15.2. The molecule has 2 unspecified atom stereocenters. The van der Waals surface area contributed by atoms with Gasteiger partial charge in [-0.05, 0) is 39.1 Å². The molecule has 0 fully saturated rings. The van der Waals surface area contributed by atoms with Gasteiger partial charge in [0.25, 0.3) is 0 Å². The second-order valence-corrected chi connectivity index (χ2v) is 5.21. The quantitative estimate of drug-likeness (QED) is 0.742. The van der Waals surface area contributed by atoms with Crippen LogP contribution in [0.15, 0.2) is 24.4 Å². The molecular weight excluding hydrogens is 234 g/mol. The summed E-state index contributed by atoms with van der Waals surface area (Å²) in [6.07, 6.45) is 6.56. The molecule has 1 aromatic heterocycles. The van der Waals surface area contributed by atoms with Gasteiger partial charge in [0, 0.05) is 36.9 Å². The smallest absolute Gasteiger partial charge is 0.0416 e. The van der Waals surface area contributed by atoms with Crippen molar-refractivity contribution < 1.29 is 0 Å². The lowest BCUT2D eigenvalue weighted by molar-refractivity contribution is 0.185. The molecule has 0 radical (unpaired) electrons. The van der Waals surface area contributed by atoms with Crippen LogP contribution in [0.25, 0.3) is 0 Å². The molecule has 0 aliphatic heterocycles. The van der Waals surface area contributed by atoms with E-state index in [1.807, 2.05) is 12.3 Å². The third-order valence-corrected chi connectivity index (χ3v) is 3.87. The molecule has 19 heavy (non-hydrogen) atoms. The fraction of sp³-hybridized carbons (Fsp3) is 0.688. The molecule has 0 aliphatic rings. The first-order valence-corrected chi connectivity index (χ1v) is 7.50. The molecule has 2 atom stereocenters. The van der Waals surface area contributed by atoms with Gasteiger partial charge >= 0.3 is 0 Å². The predicted molar refractivity (Wildman–Crippen MR) is 82.4 cm³/mol. The highest BCUT2D eigenvalue weighted by molar-refractivity contribution is 5.03. The summed E-state index contributed by atoms with van der Waals surface area (Å²) in [4.78, 5) is 6.87. The van der Waals surface area contributed by atoms with Crippen LogP contribution in [0.5, 0.6) is 0 Å². The Kier molecular flexibility index (Phi) is 7.68. The summed E-state index contributed by atoms with van der Waals surface area (Å²) in [5.74, 6) is 0. The molecule has 1 aromatic rings. The van der Waals surface area contributed by atoms with Gasteiger partial charge in [-0.25, -0.2) is 0 Å². The van der Waals surface area contributed by atoms with E-state index in [0.29, 0.717) is 12.1 Å². The lowest BCUT2D eigenvalue weighted by Gasteiger charge is -2.34. The van der Waals surface area contributed by atoms with E-state index < -0.39 is 0 Å². The zero-order chi connectivity index (χ0) is 14.1. The first kappa shape index (κ1) is 16.1. The summed E-state index contributed by atoms with van der Waals surface area (Å²) in [5.41, 5.74) is 1.18. The number of likely N-dealkylation sites (N-methyl/N-ethyl adjacent to an activating group) is 2. The maximum atomic E-state index is 4.39. The molecule has 0 aliphatic carbocycles. The van der Waals surface area contributed by atoms with E-state index >= 15 is 0 Å². The van der Waals surface area contributed by atoms with E-state index in [-0.39, 0.29) is 0 Å². The van der Waals surface area contributed by atoms with Crippen LogP contribution in [0.3, 0.4) is 0 Å². The fourth-order valence-electron chi connectivity index (χ4n) is 2.75. The number of pyridine rings is 1. The normalized spacial score (nSPS) is 14.6. The minimum Gasteiger partial charge on any atom is -0.315 e. The SMILES string of the molecule is CCCC(NC)C(CC)N(C)CCc1ccccn1. The van der Waals surface area contributed by atoms with Gasteiger partial charge in [0.15, 0.2) is 0 Å². The monoisotopic (exact) mass is 263 g/mol. The van der Waals surface area contributed by atoms with Gasteiger partial charge in [-0.3, -0.25) is 4.98 Å². The molecular formula is C16H29N3. The Balaban J connectivity index is 2.51. The van der Waals surface area contributed by atoms with E-state index in [1.54, 1.807) is 0 Å². The molecule has 0 aromatic carbocycles. The van der Waals surface area contributed by atoms with Crippen molar-refractivity contribution in [3.63, 3.8) is 0 Å². The molecule has 0 saturated carbocycles. The highest BCUT2D eigenvalue weighted by Gasteiger charge is 2.21. The molecule has 3 heteroatoms. The van der Waals surface area contributed by atoms with Crippen LogP contribution in [0.4, 0.5) is 0 Å². The molecule has 3 nitrogen and oxygen atoms in total. The average molecular weight is 263 g/mol. The van der Waals surface area contributed by atoms with E-state index in [0.717, 1.165) is 13.0 Å². The third-order valence-electron chi connectivity index (χ3n) is 3.87. The Bertz CT molecular complexity index is 326. The Morgan fingerprint density at radius 2 is 2.11 bits per heavy atom. The molecule has 0 spiro atoms. The first-order valence-electron chi connectivity index (χ1n) is 7.50. The number of hydrogen-bond acceptors (Lipinski definition) is 3. The van der Waals surface area contributed by atoms with Crippen molar-refractivity contribution in [1.82, 2.24) is 15.2 Å². The Morgan fingerprint density at radius 3 is 2.63 bits per heavy atom. The summed E-state index contributed by atoms with van der Waals surface area (Å²) in [7, 11) is 4.31. The Labute approximate surface area is 118 Å². The average Bonchev–Trinajstić information content (AvgIpc) is 2.46. The van der Waals surface area contributed by atoms with Crippen LogP contribution < -0.4 is 5.32 Å². The number of hydrogen-bond donors (Lipinski definition) is 1. The molecule has 0 bridgehead atoms. The van der Waals surface area contributed by atoms with Crippen LogP contribution in [0, 0.1) is 0 Å². The largest absolute Gasteiger partial charge is 0.315 e. The number of nitrogens with zero attached hydrogens (tertiary/aromatic N) is 2. The summed E-state index contributed by atoms with van der Waals surface area (Å²) in [6, 6.07) is 7.33. The molecule has 0 amide bonds. The number of nitrogens with one attached hydrogen (secondary N) is 1. The van der Waals surface area contributed by atoms with Gasteiger partial charge in [-0.2, -0.15) is 0 Å². The lowest BCUT2D eigenvalue weighted by atomic mass is 9.99. The predicted octanol–water partition coefficient (Wildman–Crippen LogP) is 2.72. The standard InChI is InChI=1S/C16H29N3/c1-5-9-15(17-3)16(6-2)19(4)13-11-14-10-7-8-12-18-14/h7-8,10,12,15-17H,5-6,9,11,13H2,1-4H3. The first-order chi connectivity index (χ1) is 9.22. The summed E-state index contributed by atoms with van der Waals surface area (Å²) in [6.45, 7) is 5.60. The van der Waals surface area contributed by atoms with E-state index in [9.17, 15) is 0 Å². The van der Waals surface area contributed by atoms with E-state index in [1.165, 1.54) is 25.0 Å². The summed E-state index contributed by atoms with van der Waals surface area (Å²) < 4.78 is 0. The molecule has 1 N–H and O–H groups in total.